The van der Waals surface area contributed by atoms with Crippen LogP contribution in [0.15, 0.2) is 24.7 Å². The number of aromatic amines is 1. The normalized spacial score (nSPS) is 15.6. The van der Waals surface area contributed by atoms with Crippen molar-refractivity contribution in [1.82, 2.24) is 25.3 Å². The average Bonchev–Trinajstić information content (AvgIpc) is 3.06. The number of pyridine rings is 1. The summed E-state index contributed by atoms with van der Waals surface area (Å²) >= 11 is 5.99. The maximum atomic E-state index is 14.4. The Morgan fingerprint density at radius 1 is 1.30 bits per heavy atom. The number of hydrogen-bond acceptors (Lipinski definition) is 5. The van der Waals surface area contributed by atoms with Crippen molar-refractivity contribution in [1.29, 1.82) is 0 Å². The highest BCUT2D eigenvalue weighted by Gasteiger charge is 2.46. The Balaban J connectivity index is 0.00000181. The van der Waals surface area contributed by atoms with Gasteiger partial charge in [-0.2, -0.15) is 13.2 Å². The van der Waals surface area contributed by atoms with E-state index in [4.69, 9.17) is 11.6 Å². The van der Waals surface area contributed by atoms with Crippen LogP contribution in [0.5, 0.6) is 0 Å². The van der Waals surface area contributed by atoms with Gasteiger partial charge in [-0.05, 0) is 25.3 Å². The first-order valence-electron chi connectivity index (χ1n) is 8.96. The SMILES string of the molecule is O=C(NCC(F)(F)F)C1(Nc2nc(-c3c[nH]c4ncc(Cl)cc34)ncc2F)CCC1.[HH].[HH]. The van der Waals surface area contributed by atoms with Crippen LogP contribution < -0.4 is 10.6 Å². The molecule has 4 rings (SSSR count). The first-order valence-corrected chi connectivity index (χ1v) is 9.33. The molecule has 0 aromatic carbocycles. The second kappa shape index (κ2) is 7.38. The lowest BCUT2D eigenvalue weighted by molar-refractivity contribution is -0.142. The van der Waals surface area contributed by atoms with Gasteiger partial charge in [0, 0.05) is 26.2 Å². The number of anilines is 1. The van der Waals surface area contributed by atoms with Crippen LogP contribution in [0.2, 0.25) is 5.02 Å². The molecule has 7 nitrogen and oxygen atoms in total. The standard InChI is InChI=1S/C18H15ClF4N6O.2H2/c19-9-4-10-11(6-25-13(10)24-5-9)14-26-7-12(20)15(28-14)29-17(2-1-3-17)16(30)27-8-18(21,22)23;;/h4-7H,1-3,8H2,(H,24,25)(H,27,30)(H,26,28,29);2*1H. The molecule has 3 heterocycles. The molecular formula is C18H19ClF4N6O. The highest BCUT2D eigenvalue weighted by Crippen LogP contribution is 2.37. The number of halogens is 5. The zero-order valence-electron chi connectivity index (χ0n) is 15.3. The molecule has 1 aliphatic rings. The third-order valence-electron chi connectivity index (χ3n) is 4.93. The molecule has 0 bridgehead atoms. The summed E-state index contributed by atoms with van der Waals surface area (Å²) in [6.45, 7) is -1.46. The number of hydrogen-bond donors (Lipinski definition) is 3. The lowest BCUT2D eigenvalue weighted by Crippen LogP contribution is -2.58. The topological polar surface area (TPSA) is 95.6 Å². The Kier molecular flexibility index (Phi) is 5.00. The summed E-state index contributed by atoms with van der Waals surface area (Å²) in [6, 6.07) is 1.65. The van der Waals surface area contributed by atoms with E-state index in [-0.39, 0.29) is 27.3 Å². The predicted octanol–water partition coefficient (Wildman–Crippen LogP) is 4.32. The van der Waals surface area contributed by atoms with Crippen LogP contribution in [-0.4, -0.2) is 44.1 Å². The van der Waals surface area contributed by atoms with Crippen molar-refractivity contribution in [2.24, 2.45) is 0 Å². The summed E-state index contributed by atoms with van der Waals surface area (Å²) in [4.78, 5) is 27.6. The van der Waals surface area contributed by atoms with Gasteiger partial charge >= 0.3 is 6.18 Å². The number of nitrogens with one attached hydrogen (secondary N) is 3. The molecule has 30 heavy (non-hydrogen) atoms. The van der Waals surface area contributed by atoms with Gasteiger partial charge in [0.1, 0.15) is 17.7 Å². The first kappa shape index (κ1) is 20.3. The van der Waals surface area contributed by atoms with Gasteiger partial charge < -0.3 is 15.6 Å². The summed E-state index contributed by atoms with van der Waals surface area (Å²) in [5.74, 6) is -1.82. The Morgan fingerprint density at radius 3 is 2.73 bits per heavy atom. The summed E-state index contributed by atoms with van der Waals surface area (Å²) in [5.41, 5.74) is -0.325. The summed E-state index contributed by atoms with van der Waals surface area (Å²) in [7, 11) is 0. The number of fused-ring (bicyclic) bond motifs is 1. The van der Waals surface area contributed by atoms with E-state index in [0.29, 0.717) is 28.0 Å². The second-order valence-corrected chi connectivity index (χ2v) is 7.44. The smallest absolute Gasteiger partial charge is 0.353 e. The fourth-order valence-corrected chi connectivity index (χ4v) is 3.42. The molecule has 0 spiro atoms. The number of aromatic nitrogens is 4. The van der Waals surface area contributed by atoms with Gasteiger partial charge in [0.15, 0.2) is 17.5 Å². The van der Waals surface area contributed by atoms with Gasteiger partial charge in [-0.15, -0.1) is 0 Å². The first-order chi connectivity index (χ1) is 14.2. The van der Waals surface area contributed by atoms with Crippen molar-refractivity contribution < 1.29 is 25.2 Å². The molecule has 1 aliphatic carbocycles. The molecule has 3 N–H and O–H groups in total. The van der Waals surface area contributed by atoms with Gasteiger partial charge in [0.25, 0.3) is 0 Å². The molecule has 1 fully saturated rings. The minimum absolute atomic E-state index is 0. The Hall–Kier alpha value is -2.95. The molecule has 162 valence electrons. The number of H-pyrrole nitrogens is 1. The van der Waals surface area contributed by atoms with E-state index in [9.17, 15) is 22.4 Å². The molecule has 1 saturated carbocycles. The molecule has 0 radical (unpaired) electrons. The monoisotopic (exact) mass is 446 g/mol. The van der Waals surface area contributed by atoms with Crippen LogP contribution in [-0.2, 0) is 4.79 Å². The molecular weight excluding hydrogens is 428 g/mol. The van der Waals surface area contributed by atoms with Gasteiger partial charge in [0.2, 0.25) is 5.91 Å². The second-order valence-electron chi connectivity index (χ2n) is 7.00. The van der Waals surface area contributed by atoms with Gasteiger partial charge in [-0.1, -0.05) is 11.6 Å². The molecule has 1 amide bonds. The van der Waals surface area contributed by atoms with Crippen molar-refractivity contribution in [3.8, 4) is 11.4 Å². The minimum Gasteiger partial charge on any atom is -0.353 e. The van der Waals surface area contributed by atoms with E-state index < -0.39 is 30.0 Å². The average molecular weight is 447 g/mol. The number of amides is 1. The Morgan fingerprint density at radius 2 is 2.07 bits per heavy atom. The number of alkyl halides is 3. The fourth-order valence-electron chi connectivity index (χ4n) is 3.26. The van der Waals surface area contributed by atoms with Crippen LogP contribution in [0.25, 0.3) is 22.4 Å². The van der Waals surface area contributed by atoms with Crippen LogP contribution in [0.1, 0.15) is 22.1 Å². The minimum atomic E-state index is -4.54. The van der Waals surface area contributed by atoms with Crippen molar-refractivity contribution in [2.75, 3.05) is 11.9 Å². The number of carbonyl (C=O) groups is 1. The molecule has 0 saturated heterocycles. The summed E-state index contributed by atoms with van der Waals surface area (Å²) in [6.07, 6.45) is 0.547. The quantitative estimate of drug-likeness (QED) is 0.507. The van der Waals surface area contributed by atoms with E-state index in [1.165, 1.54) is 6.20 Å². The maximum Gasteiger partial charge on any atom is 0.405 e. The van der Waals surface area contributed by atoms with E-state index in [2.05, 4.69) is 25.3 Å². The molecule has 0 unspecified atom stereocenters. The third kappa shape index (κ3) is 3.89. The van der Waals surface area contributed by atoms with Crippen LogP contribution in [0.3, 0.4) is 0 Å². The van der Waals surface area contributed by atoms with Crippen molar-refractivity contribution in [3.05, 3.63) is 35.5 Å². The fraction of sp³-hybridized carbons (Fsp3) is 0.333. The van der Waals surface area contributed by atoms with Crippen molar-refractivity contribution in [3.63, 3.8) is 0 Å². The van der Waals surface area contributed by atoms with E-state index in [1.54, 1.807) is 12.3 Å². The largest absolute Gasteiger partial charge is 0.405 e. The highest BCUT2D eigenvalue weighted by atomic mass is 35.5. The van der Waals surface area contributed by atoms with Crippen LogP contribution in [0, 0.1) is 5.82 Å². The molecule has 12 heteroatoms. The van der Waals surface area contributed by atoms with Gasteiger partial charge in [-0.3, -0.25) is 4.79 Å². The van der Waals surface area contributed by atoms with E-state index in [1.807, 2.05) is 5.32 Å². The van der Waals surface area contributed by atoms with E-state index >= 15 is 0 Å². The highest BCUT2D eigenvalue weighted by molar-refractivity contribution is 6.31. The van der Waals surface area contributed by atoms with Crippen LogP contribution in [0.4, 0.5) is 23.4 Å². The predicted molar refractivity (Wildman–Crippen MR) is 106 cm³/mol. The molecule has 3 aromatic rings. The van der Waals surface area contributed by atoms with Crippen molar-refractivity contribution >= 4 is 34.4 Å². The Bertz CT molecular complexity index is 1120. The molecule has 3 aromatic heterocycles. The number of carbonyl (C=O) groups excluding carboxylic acids is 1. The lowest BCUT2D eigenvalue weighted by atomic mass is 9.76. The number of nitrogens with zero attached hydrogens (tertiary/aromatic N) is 3. The molecule has 0 aliphatic heterocycles. The van der Waals surface area contributed by atoms with E-state index in [0.717, 1.165) is 6.20 Å². The summed E-state index contributed by atoms with van der Waals surface area (Å²) < 4.78 is 51.7. The number of rotatable bonds is 5. The third-order valence-corrected chi connectivity index (χ3v) is 5.14. The zero-order valence-corrected chi connectivity index (χ0v) is 16.0. The van der Waals surface area contributed by atoms with Crippen molar-refractivity contribution in [2.45, 2.75) is 31.0 Å². The van der Waals surface area contributed by atoms with Gasteiger partial charge in [0.05, 0.1) is 11.2 Å². The maximum absolute atomic E-state index is 14.4. The molecule has 0 atom stereocenters. The zero-order chi connectivity index (χ0) is 21.5. The van der Waals surface area contributed by atoms with Crippen LogP contribution >= 0.6 is 11.6 Å². The lowest BCUT2D eigenvalue weighted by Gasteiger charge is -2.41. The summed E-state index contributed by atoms with van der Waals surface area (Å²) in [5, 5.41) is 5.56. The van der Waals surface area contributed by atoms with Gasteiger partial charge in [-0.25, -0.2) is 19.3 Å². The Labute approximate surface area is 175 Å².